The third-order valence-corrected chi connectivity index (χ3v) is 3.83. The first-order chi connectivity index (χ1) is 9.78. The number of H-pyrrole nitrogens is 1. The summed E-state index contributed by atoms with van der Waals surface area (Å²) in [6.45, 7) is 5.55. The van der Waals surface area contributed by atoms with Crippen LogP contribution in [0.15, 0.2) is 12.4 Å². The fraction of sp³-hybridized carbons (Fsp3) is 0.615. The quantitative estimate of drug-likeness (QED) is 0.885. The lowest BCUT2D eigenvalue weighted by atomic mass is 10.2. The van der Waals surface area contributed by atoms with Gasteiger partial charge in [-0.25, -0.2) is 0 Å². The van der Waals surface area contributed by atoms with Gasteiger partial charge < -0.3 is 9.30 Å². The van der Waals surface area contributed by atoms with Crippen molar-refractivity contribution in [2.75, 3.05) is 13.7 Å². The van der Waals surface area contributed by atoms with E-state index in [0.717, 1.165) is 37.7 Å². The Labute approximate surface area is 117 Å². The Morgan fingerprint density at radius 1 is 1.40 bits per heavy atom. The summed E-state index contributed by atoms with van der Waals surface area (Å²) in [5, 5.41) is 15.4. The minimum Gasteiger partial charge on any atom is -0.377 e. The average molecular weight is 276 g/mol. The van der Waals surface area contributed by atoms with Crippen LogP contribution in [-0.4, -0.2) is 49.6 Å². The van der Waals surface area contributed by atoms with Gasteiger partial charge in [0, 0.05) is 51.0 Å². The summed E-state index contributed by atoms with van der Waals surface area (Å²) in [6.07, 6.45) is 4.75. The molecule has 1 aliphatic heterocycles. The van der Waals surface area contributed by atoms with Gasteiger partial charge in [-0.3, -0.25) is 10.00 Å². The van der Waals surface area contributed by atoms with Gasteiger partial charge in [0.2, 0.25) is 0 Å². The highest BCUT2D eigenvalue weighted by molar-refractivity contribution is 5.05. The monoisotopic (exact) mass is 276 g/mol. The number of ether oxygens (including phenoxy) is 1. The Balaban J connectivity index is 1.74. The van der Waals surface area contributed by atoms with Crippen molar-refractivity contribution in [3.8, 4) is 0 Å². The van der Waals surface area contributed by atoms with Gasteiger partial charge in [-0.2, -0.15) is 5.10 Å². The molecule has 0 radical (unpaired) electrons. The van der Waals surface area contributed by atoms with E-state index in [-0.39, 0.29) is 0 Å². The molecule has 3 rings (SSSR count). The van der Waals surface area contributed by atoms with Crippen LogP contribution in [0.25, 0.3) is 0 Å². The lowest BCUT2D eigenvalue weighted by Gasteiger charge is -2.25. The molecule has 7 nitrogen and oxygen atoms in total. The van der Waals surface area contributed by atoms with Gasteiger partial charge in [-0.15, -0.1) is 10.2 Å². The molecule has 2 aromatic heterocycles. The zero-order chi connectivity index (χ0) is 13.9. The molecule has 0 unspecified atom stereocenters. The normalized spacial score (nSPS) is 19.8. The van der Waals surface area contributed by atoms with Crippen molar-refractivity contribution in [3.63, 3.8) is 0 Å². The molecule has 3 heterocycles. The van der Waals surface area contributed by atoms with Crippen LogP contribution in [0.3, 0.4) is 0 Å². The highest BCUT2D eigenvalue weighted by Gasteiger charge is 2.24. The highest BCUT2D eigenvalue weighted by Crippen LogP contribution is 2.17. The van der Waals surface area contributed by atoms with Crippen LogP contribution in [0.4, 0.5) is 0 Å². The largest absolute Gasteiger partial charge is 0.377 e. The molecule has 0 bridgehead atoms. The molecule has 2 aromatic rings. The van der Waals surface area contributed by atoms with Crippen molar-refractivity contribution in [1.29, 1.82) is 0 Å². The second-order valence-electron chi connectivity index (χ2n) is 5.25. The smallest absolute Gasteiger partial charge is 0.159 e. The van der Waals surface area contributed by atoms with Gasteiger partial charge in [-0.05, 0) is 6.92 Å². The van der Waals surface area contributed by atoms with Gasteiger partial charge in [-0.1, -0.05) is 0 Å². The van der Waals surface area contributed by atoms with Crippen molar-refractivity contribution in [2.45, 2.75) is 39.1 Å². The van der Waals surface area contributed by atoms with Gasteiger partial charge >= 0.3 is 0 Å². The van der Waals surface area contributed by atoms with Gasteiger partial charge in [0.05, 0.1) is 6.20 Å². The third kappa shape index (κ3) is 2.59. The van der Waals surface area contributed by atoms with Gasteiger partial charge in [0.25, 0.3) is 0 Å². The van der Waals surface area contributed by atoms with E-state index in [2.05, 4.69) is 36.8 Å². The minimum absolute atomic E-state index is 0.436. The second-order valence-corrected chi connectivity index (χ2v) is 5.25. The van der Waals surface area contributed by atoms with Crippen LogP contribution in [-0.2, 0) is 30.9 Å². The first-order valence-electron chi connectivity index (χ1n) is 6.89. The number of hydrogen-bond donors (Lipinski definition) is 1. The lowest BCUT2D eigenvalue weighted by molar-refractivity contribution is 0.171. The molecule has 0 aliphatic carbocycles. The predicted molar refractivity (Wildman–Crippen MR) is 72.9 cm³/mol. The Morgan fingerprint density at radius 2 is 2.30 bits per heavy atom. The number of aromatic nitrogens is 5. The maximum absolute atomic E-state index is 5.18. The van der Waals surface area contributed by atoms with E-state index >= 15 is 0 Å². The number of hydrogen-bond acceptors (Lipinski definition) is 5. The molecule has 108 valence electrons. The molecule has 0 amide bonds. The van der Waals surface area contributed by atoms with Crippen molar-refractivity contribution in [2.24, 2.45) is 0 Å². The topological polar surface area (TPSA) is 71.9 Å². The molecule has 0 saturated carbocycles. The number of nitrogens with one attached hydrogen (secondary N) is 1. The SMILES string of the molecule is COCc1nnc2n1CCN(Cc1cn[nH]c1)[C@H](C)C2. The molecular formula is C13H20N6O. The van der Waals surface area contributed by atoms with E-state index in [0.29, 0.717) is 12.6 Å². The highest BCUT2D eigenvalue weighted by atomic mass is 16.5. The van der Waals surface area contributed by atoms with E-state index in [4.69, 9.17) is 4.74 Å². The minimum atomic E-state index is 0.436. The van der Waals surface area contributed by atoms with Crippen molar-refractivity contribution in [3.05, 3.63) is 29.6 Å². The predicted octanol–water partition coefficient (Wildman–Crippen LogP) is 0.594. The fourth-order valence-corrected chi connectivity index (χ4v) is 2.69. The van der Waals surface area contributed by atoms with Crippen LogP contribution in [0, 0.1) is 0 Å². The van der Waals surface area contributed by atoms with Crippen molar-refractivity contribution in [1.82, 2.24) is 29.9 Å². The first kappa shape index (κ1) is 13.3. The summed E-state index contributed by atoms with van der Waals surface area (Å²) in [6, 6.07) is 0.436. The summed E-state index contributed by atoms with van der Waals surface area (Å²) in [5.41, 5.74) is 1.21. The summed E-state index contributed by atoms with van der Waals surface area (Å²) in [7, 11) is 1.69. The van der Waals surface area contributed by atoms with E-state index in [1.54, 1.807) is 7.11 Å². The maximum Gasteiger partial charge on any atom is 0.159 e. The maximum atomic E-state index is 5.18. The fourth-order valence-electron chi connectivity index (χ4n) is 2.69. The molecule has 1 aliphatic rings. The molecule has 7 heteroatoms. The first-order valence-corrected chi connectivity index (χ1v) is 6.89. The number of fused-ring (bicyclic) bond motifs is 1. The van der Waals surface area contributed by atoms with E-state index in [9.17, 15) is 0 Å². The zero-order valence-electron chi connectivity index (χ0n) is 11.9. The number of methoxy groups -OCH3 is 1. The van der Waals surface area contributed by atoms with E-state index in [1.807, 2.05) is 12.4 Å². The summed E-state index contributed by atoms with van der Waals surface area (Å²) < 4.78 is 7.37. The van der Waals surface area contributed by atoms with Crippen molar-refractivity contribution >= 4 is 0 Å². The van der Waals surface area contributed by atoms with E-state index < -0.39 is 0 Å². The summed E-state index contributed by atoms with van der Waals surface area (Å²) >= 11 is 0. The standard InChI is InChI=1S/C13H20N6O/c1-10-5-12-16-17-13(9-20-2)19(12)4-3-18(10)8-11-6-14-15-7-11/h6-7,10H,3-5,8-9H2,1-2H3,(H,14,15)/t10-/m1/s1. The average Bonchev–Trinajstić information content (AvgIpc) is 3.03. The number of aromatic amines is 1. The van der Waals surface area contributed by atoms with Crippen molar-refractivity contribution < 1.29 is 4.74 Å². The third-order valence-electron chi connectivity index (χ3n) is 3.83. The summed E-state index contributed by atoms with van der Waals surface area (Å²) in [4.78, 5) is 2.45. The Kier molecular flexibility index (Phi) is 3.79. The van der Waals surface area contributed by atoms with E-state index in [1.165, 1.54) is 5.56 Å². The Bertz CT molecular complexity index is 549. The van der Waals surface area contributed by atoms with Crippen LogP contribution >= 0.6 is 0 Å². The zero-order valence-corrected chi connectivity index (χ0v) is 11.9. The summed E-state index contributed by atoms with van der Waals surface area (Å²) in [5.74, 6) is 1.97. The van der Waals surface area contributed by atoms with Crippen LogP contribution < -0.4 is 0 Å². The van der Waals surface area contributed by atoms with Gasteiger partial charge in [0.15, 0.2) is 5.82 Å². The molecule has 1 atom stereocenters. The van der Waals surface area contributed by atoms with Crippen LogP contribution in [0.5, 0.6) is 0 Å². The molecule has 20 heavy (non-hydrogen) atoms. The molecule has 0 fully saturated rings. The molecule has 0 aromatic carbocycles. The Morgan fingerprint density at radius 3 is 3.05 bits per heavy atom. The van der Waals surface area contributed by atoms with Crippen LogP contribution in [0.1, 0.15) is 24.1 Å². The lowest BCUT2D eigenvalue weighted by Crippen LogP contribution is -2.34. The molecular weight excluding hydrogens is 256 g/mol. The molecule has 0 spiro atoms. The number of rotatable bonds is 4. The second kappa shape index (κ2) is 5.72. The molecule has 0 saturated heterocycles. The Hall–Kier alpha value is -1.73. The van der Waals surface area contributed by atoms with Gasteiger partial charge in [0.1, 0.15) is 12.4 Å². The molecule has 1 N–H and O–H groups in total. The van der Waals surface area contributed by atoms with Crippen LogP contribution in [0.2, 0.25) is 0 Å². The number of nitrogens with zero attached hydrogens (tertiary/aromatic N) is 5.